The molecule has 0 saturated heterocycles. The summed E-state index contributed by atoms with van der Waals surface area (Å²) in [7, 11) is 5.90. The highest BCUT2D eigenvalue weighted by atomic mass is 19.1. The van der Waals surface area contributed by atoms with Crippen LogP contribution in [-0.2, 0) is 0 Å². The number of carbonyl (C=O) groups is 1. The van der Waals surface area contributed by atoms with Crippen LogP contribution in [0.1, 0.15) is 27.2 Å². The average molecular weight is 480 g/mol. The van der Waals surface area contributed by atoms with Crippen LogP contribution >= 0.6 is 0 Å². The highest BCUT2D eigenvalue weighted by molar-refractivity contribution is 6.09. The van der Waals surface area contributed by atoms with Gasteiger partial charge in [-0.05, 0) is 42.0 Å². The fraction of sp³-hybridized carbons (Fsp3) is 0.148. The van der Waals surface area contributed by atoms with E-state index in [1.54, 1.807) is 42.5 Å². The Hall–Kier alpha value is -4.33. The number of fused-ring (bicyclic) bond motifs is 1. The van der Waals surface area contributed by atoms with Crippen molar-refractivity contribution in [2.24, 2.45) is 0 Å². The molecule has 0 fully saturated rings. The minimum Gasteiger partial charge on any atom is -0.496 e. The second-order valence-corrected chi connectivity index (χ2v) is 7.52. The summed E-state index contributed by atoms with van der Waals surface area (Å²) in [6.07, 6.45) is 3.23. The molecular formula is C27H22F2O6. The zero-order valence-corrected chi connectivity index (χ0v) is 19.5. The van der Waals surface area contributed by atoms with Crippen LogP contribution in [0.2, 0.25) is 0 Å². The van der Waals surface area contributed by atoms with Crippen LogP contribution in [0.15, 0.2) is 52.9 Å². The van der Waals surface area contributed by atoms with Crippen LogP contribution in [0.3, 0.4) is 0 Å². The van der Waals surface area contributed by atoms with Gasteiger partial charge in [0.15, 0.2) is 17.3 Å². The third-order valence-electron chi connectivity index (χ3n) is 5.36. The van der Waals surface area contributed by atoms with Gasteiger partial charge in [0.2, 0.25) is 11.5 Å². The van der Waals surface area contributed by atoms with E-state index in [0.29, 0.717) is 50.7 Å². The van der Waals surface area contributed by atoms with Gasteiger partial charge in [0.25, 0.3) is 0 Å². The smallest absolute Gasteiger partial charge is 0.228 e. The van der Waals surface area contributed by atoms with Crippen molar-refractivity contribution in [3.63, 3.8) is 0 Å². The minimum absolute atomic E-state index is 0.102. The number of ether oxygens (including phenoxy) is 4. The van der Waals surface area contributed by atoms with Gasteiger partial charge in [0.05, 0.1) is 28.4 Å². The predicted molar refractivity (Wildman–Crippen MR) is 128 cm³/mol. The third kappa shape index (κ3) is 4.82. The van der Waals surface area contributed by atoms with Crippen molar-refractivity contribution in [1.82, 2.24) is 0 Å². The summed E-state index contributed by atoms with van der Waals surface area (Å²) < 4.78 is 54.2. The molecular weight excluding hydrogens is 458 g/mol. The number of carbonyl (C=O) groups excluding carboxylic acids is 1. The first-order valence-corrected chi connectivity index (χ1v) is 10.5. The molecule has 3 aromatic carbocycles. The van der Waals surface area contributed by atoms with Crippen molar-refractivity contribution >= 4 is 28.9 Å². The van der Waals surface area contributed by atoms with Gasteiger partial charge in [-0.2, -0.15) is 0 Å². The van der Waals surface area contributed by atoms with Crippen molar-refractivity contribution in [1.29, 1.82) is 0 Å². The summed E-state index contributed by atoms with van der Waals surface area (Å²) in [4.78, 5) is 13.2. The van der Waals surface area contributed by atoms with Gasteiger partial charge in [-0.3, -0.25) is 4.79 Å². The molecule has 0 bridgehead atoms. The first kappa shape index (κ1) is 23.8. The lowest BCUT2D eigenvalue weighted by atomic mass is 10.1. The Bertz CT molecular complexity index is 1390. The van der Waals surface area contributed by atoms with Crippen molar-refractivity contribution in [3.05, 3.63) is 82.6 Å². The molecule has 180 valence electrons. The van der Waals surface area contributed by atoms with Crippen LogP contribution in [0.5, 0.6) is 23.0 Å². The van der Waals surface area contributed by atoms with Crippen LogP contribution in [0, 0.1) is 11.6 Å². The number of rotatable bonds is 8. The Labute approximate surface area is 200 Å². The summed E-state index contributed by atoms with van der Waals surface area (Å²) in [5.74, 6) is -0.101. The normalized spacial score (nSPS) is 11.1. The van der Waals surface area contributed by atoms with Gasteiger partial charge in [-0.25, -0.2) is 8.78 Å². The van der Waals surface area contributed by atoms with E-state index >= 15 is 0 Å². The zero-order chi connectivity index (χ0) is 25.1. The standard InChI is InChI=1S/C27H22F2O6/c1-31-21-14-22-17(9-16(21)6-5-15-7-19(28)13-20(29)8-15)10-23(35-22)26(30)18-11-24(32-2)27(34-4)25(12-18)33-3/h5-14H,1-4H3/b6-5+. The summed E-state index contributed by atoms with van der Waals surface area (Å²) in [5.41, 5.74) is 1.72. The lowest BCUT2D eigenvalue weighted by molar-refractivity contribution is 0.101. The van der Waals surface area contributed by atoms with E-state index in [-0.39, 0.29) is 11.5 Å². The van der Waals surface area contributed by atoms with E-state index in [9.17, 15) is 13.6 Å². The van der Waals surface area contributed by atoms with Gasteiger partial charge >= 0.3 is 0 Å². The topological polar surface area (TPSA) is 67.1 Å². The van der Waals surface area contributed by atoms with E-state index in [1.807, 2.05) is 0 Å². The van der Waals surface area contributed by atoms with E-state index in [0.717, 1.165) is 6.07 Å². The van der Waals surface area contributed by atoms with Gasteiger partial charge in [-0.15, -0.1) is 0 Å². The molecule has 6 nitrogen and oxygen atoms in total. The number of halogens is 2. The first-order chi connectivity index (χ1) is 16.9. The van der Waals surface area contributed by atoms with Crippen molar-refractivity contribution in [3.8, 4) is 23.0 Å². The van der Waals surface area contributed by atoms with E-state index in [1.165, 1.54) is 40.6 Å². The molecule has 4 aromatic rings. The van der Waals surface area contributed by atoms with Gasteiger partial charge < -0.3 is 23.4 Å². The molecule has 1 heterocycles. The zero-order valence-electron chi connectivity index (χ0n) is 19.5. The van der Waals surface area contributed by atoms with Gasteiger partial charge in [0, 0.05) is 28.6 Å². The highest BCUT2D eigenvalue weighted by Gasteiger charge is 2.21. The second kappa shape index (κ2) is 9.89. The van der Waals surface area contributed by atoms with Crippen molar-refractivity contribution < 1.29 is 36.9 Å². The Balaban J connectivity index is 1.72. The van der Waals surface area contributed by atoms with Crippen LogP contribution in [0.4, 0.5) is 8.78 Å². The number of methoxy groups -OCH3 is 4. The molecule has 0 N–H and O–H groups in total. The largest absolute Gasteiger partial charge is 0.496 e. The molecule has 0 saturated carbocycles. The van der Waals surface area contributed by atoms with Crippen molar-refractivity contribution in [2.75, 3.05) is 28.4 Å². The lowest BCUT2D eigenvalue weighted by Gasteiger charge is -2.13. The molecule has 1 aromatic heterocycles. The maximum atomic E-state index is 13.5. The monoisotopic (exact) mass is 480 g/mol. The quantitative estimate of drug-likeness (QED) is 0.223. The number of ketones is 1. The van der Waals surface area contributed by atoms with Crippen molar-refractivity contribution in [2.45, 2.75) is 0 Å². The second-order valence-electron chi connectivity index (χ2n) is 7.52. The summed E-state index contributed by atoms with van der Waals surface area (Å²) in [5, 5.41) is 0.645. The minimum atomic E-state index is -0.670. The van der Waals surface area contributed by atoms with Gasteiger partial charge in [-0.1, -0.05) is 12.2 Å². The summed E-state index contributed by atoms with van der Waals surface area (Å²) in [6.45, 7) is 0. The lowest BCUT2D eigenvalue weighted by Crippen LogP contribution is -2.03. The fourth-order valence-electron chi connectivity index (χ4n) is 3.72. The molecule has 0 unspecified atom stereocenters. The van der Waals surface area contributed by atoms with Crippen LogP contribution in [-0.4, -0.2) is 34.2 Å². The predicted octanol–water partition coefficient (Wildman–Crippen LogP) is 6.15. The summed E-state index contributed by atoms with van der Waals surface area (Å²) >= 11 is 0. The van der Waals surface area contributed by atoms with Crippen LogP contribution < -0.4 is 18.9 Å². The van der Waals surface area contributed by atoms with Crippen LogP contribution in [0.25, 0.3) is 23.1 Å². The highest BCUT2D eigenvalue weighted by Crippen LogP contribution is 2.39. The molecule has 4 rings (SSSR count). The molecule has 0 amide bonds. The number of benzene rings is 3. The number of furan rings is 1. The molecule has 0 aliphatic carbocycles. The van der Waals surface area contributed by atoms with E-state index < -0.39 is 11.6 Å². The Kier molecular flexibility index (Phi) is 6.73. The van der Waals surface area contributed by atoms with E-state index in [4.69, 9.17) is 23.4 Å². The molecule has 0 aliphatic rings. The molecule has 0 radical (unpaired) electrons. The fourth-order valence-corrected chi connectivity index (χ4v) is 3.72. The Morgan fingerprint density at radius 3 is 1.94 bits per heavy atom. The number of hydrogen-bond acceptors (Lipinski definition) is 6. The maximum Gasteiger partial charge on any atom is 0.228 e. The molecule has 8 heteroatoms. The molecule has 0 aliphatic heterocycles. The molecule has 35 heavy (non-hydrogen) atoms. The molecule has 0 spiro atoms. The van der Waals surface area contributed by atoms with Gasteiger partial charge in [0.1, 0.15) is 23.0 Å². The molecule has 0 atom stereocenters. The summed E-state index contributed by atoms with van der Waals surface area (Å²) in [6, 6.07) is 11.4. The Morgan fingerprint density at radius 1 is 0.743 bits per heavy atom. The first-order valence-electron chi connectivity index (χ1n) is 10.5. The van der Waals surface area contributed by atoms with E-state index in [2.05, 4.69) is 0 Å². The Morgan fingerprint density at radius 2 is 1.37 bits per heavy atom. The average Bonchev–Trinajstić information content (AvgIpc) is 3.27. The maximum absolute atomic E-state index is 13.5. The SMILES string of the molecule is COc1cc2oc(C(=O)c3cc(OC)c(OC)c(OC)c3)cc2cc1/C=C/c1cc(F)cc(F)c1. The third-order valence-corrected chi connectivity index (χ3v) is 5.36. The number of hydrogen-bond donors (Lipinski definition) is 0.